The van der Waals surface area contributed by atoms with Gasteiger partial charge in [0, 0.05) is 66.9 Å². The number of fused-ring (bicyclic) bond motifs is 4. The molecule has 13 heteroatoms. The summed E-state index contributed by atoms with van der Waals surface area (Å²) < 4.78 is 18.0. The second-order valence-corrected chi connectivity index (χ2v) is 23.0. The molecule has 3 aromatic heterocycles. The molecule has 1 aliphatic rings. The van der Waals surface area contributed by atoms with Crippen molar-refractivity contribution in [1.29, 1.82) is 0 Å². The van der Waals surface area contributed by atoms with Crippen molar-refractivity contribution >= 4 is 70.6 Å². The quantitative estimate of drug-likeness (QED) is 0.0918. The van der Waals surface area contributed by atoms with Crippen molar-refractivity contribution in [2.45, 2.75) is 85.9 Å². The number of aryl methyl sites for hydroxylation is 5. The van der Waals surface area contributed by atoms with Crippen molar-refractivity contribution in [3.8, 4) is 16.9 Å². The zero-order valence-electron chi connectivity index (χ0n) is 34.2. The summed E-state index contributed by atoms with van der Waals surface area (Å²) in [6, 6.07) is 16.0. The van der Waals surface area contributed by atoms with Gasteiger partial charge in [0.05, 0.1) is 34.0 Å². The van der Waals surface area contributed by atoms with Crippen molar-refractivity contribution in [3.63, 3.8) is 0 Å². The minimum absolute atomic E-state index is 0.107. The van der Waals surface area contributed by atoms with Crippen LogP contribution in [0.3, 0.4) is 0 Å². The van der Waals surface area contributed by atoms with Crippen molar-refractivity contribution in [2.75, 3.05) is 24.7 Å². The van der Waals surface area contributed by atoms with Crippen molar-refractivity contribution in [1.82, 2.24) is 18.9 Å². The van der Waals surface area contributed by atoms with Gasteiger partial charge in [-0.3, -0.25) is 9.48 Å². The van der Waals surface area contributed by atoms with Gasteiger partial charge >= 0.3 is 5.97 Å². The van der Waals surface area contributed by atoms with Crippen LogP contribution in [-0.4, -0.2) is 63.7 Å². The molecule has 10 nitrogen and oxygen atoms in total. The number of benzene rings is 3. The van der Waals surface area contributed by atoms with Crippen LogP contribution in [0.5, 0.6) is 5.75 Å². The summed E-state index contributed by atoms with van der Waals surface area (Å²) in [6.07, 6.45) is 1.22. The number of hydrogen-bond donors (Lipinski definition) is 1. The van der Waals surface area contributed by atoms with Gasteiger partial charge in [0.2, 0.25) is 0 Å². The maximum Gasteiger partial charge on any atom is 0.352 e. The van der Waals surface area contributed by atoms with E-state index in [-0.39, 0.29) is 24.4 Å². The Morgan fingerprint density at radius 3 is 2.35 bits per heavy atom. The Kier molecular flexibility index (Phi) is 11.2. The zero-order valence-corrected chi connectivity index (χ0v) is 36.7. The topological polar surface area (TPSA) is 104 Å². The molecule has 3 aromatic carbocycles. The molecular weight excluding hydrogens is 778 g/mol. The third-order valence-electron chi connectivity index (χ3n) is 11.2. The van der Waals surface area contributed by atoms with E-state index in [1.807, 2.05) is 86.8 Å². The lowest BCUT2D eigenvalue weighted by Crippen LogP contribution is -2.42. The normalized spacial score (nSPS) is 14.6. The minimum Gasteiger partial charge on any atom is -0.494 e. The standard InChI is InChI=1S/C44H51Cl2N5O5Si/c1-25-20-30(21-26(2)40(25)46)56-17-11-12-31-32-15-16-34(45)39(38-28(4)47-48(6)29(38)5)41(32)51-27(3)23-49(43(52)42(31)51)35-13-10-14-36-33(35)22-37(44(53)54)50(36)24-55-18-19-57(7,8)9/h10,13-16,20-22,27H,11-12,17-19,23-24H2,1-9H3,(H,53,54)/t27-/m1/s1. The van der Waals surface area contributed by atoms with Gasteiger partial charge in [-0.25, -0.2) is 4.79 Å². The first kappa shape index (κ1) is 40.6. The third kappa shape index (κ3) is 7.51. The van der Waals surface area contributed by atoms with E-state index in [0.29, 0.717) is 59.9 Å². The highest BCUT2D eigenvalue weighted by molar-refractivity contribution is 6.76. The maximum atomic E-state index is 15.2. The van der Waals surface area contributed by atoms with E-state index in [4.69, 9.17) is 37.8 Å². The van der Waals surface area contributed by atoms with Gasteiger partial charge in [0.15, 0.2) is 0 Å². The first-order chi connectivity index (χ1) is 27.0. The smallest absolute Gasteiger partial charge is 0.352 e. The average Bonchev–Trinajstić information content (AvgIpc) is 3.77. The van der Waals surface area contributed by atoms with E-state index in [9.17, 15) is 9.90 Å². The van der Waals surface area contributed by atoms with Crippen LogP contribution in [0.4, 0.5) is 5.69 Å². The van der Waals surface area contributed by atoms with Gasteiger partial charge in [-0.2, -0.15) is 5.10 Å². The Morgan fingerprint density at radius 2 is 1.70 bits per heavy atom. The number of hydrogen-bond acceptors (Lipinski definition) is 5. The number of halogens is 2. The molecule has 0 saturated carbocycles. The molecule has 0 bridgehead atoms. The van der Waals surface area contributed by atoms with Crippen LogP contribution in [0.2, 0.25) is 35.7 Å². The van der Waals surface area contributed by atoms with Gasteiger partial charge in [-0.05, 0) is 107 Å². The largest absolute Gasteiger partial charge is 0.494 e. The van der Waals surface area contributed by atoms with Crippen LogP contribution in [-0.2, 0) is 24.9 Å². The third-order valence-corrected chi connectivity index (χ3v) is 13.8. The van der Waals surface area contributed by atoms with Crippen LogP contribution >= 0.6 is 23.2 Å². The molecule has 7 rings (SSSR count). The highest BCUT2D eigenvalue weighted by atomic mass is 35.5. The number of rotatable bonds is 13. The summed E-state index contributed by atoms with van der Waals surface area (Å²) in [5.74, 6) is -0.453. The van der Waals surface area contributed by atoms with Gasteiger partial charge in [0.25, 0.3) is 5.91 Å². The van der Waals surface area contributed by atoms with E-state index in [0.717, 1.165) is 66.9 Å². The molecule has 4 heterocycles. The van der Waals surface area contributed by atoms with E-state index in [2.05, 4.69) is 31.1 Å². The molecule has 1 atom stereocenters. The Labute approximate surface area is 344 Å². The summed E-state index contributed by atoms with van der Waals surface area (Å²) in [7, 11) is 0.583. The molecule has 6 aromatic rings. The van der Waals surface area contributed by atoms with Crippen LogP contribution in [0.1, 0.15) is 68.4 Å². The summed E-state index contributed by atoms with van der Waals surface area (Å²) in [5.41, 5.74) is 9.46. The van der Waals surface area contributed by atoms with Crippen LogP contribution < -0.4 is 9.64 Å². The van der Waals surface area contributed by atoms with Crippen LogP contribution in [0.25, 0.3) is 32.9 Å². The predicted octanol–water partition coefficient (Wildman–Crippen LogP) is 10.8. The van der Waals surface area contributed by atoms with Crippen LogP contribution in [0, 0.1) is 27.7 Å². The first-order valence-electron chi connectivity index (χ1n) is 19.5. The number of nitrogens with zero attached hydrogens (tertiary/aromatic N) is 5. The molecule has 0 fully saturated rings. The SMILES string of the molecule is Cc1cc(OCCCc2c3n(c4c(-c5c(C)nn(C)c5C)c(Cl)ccc24)[C@H](C)CN(c2cccc4c2cc(C(=O)O)n4COCC[Si](C)(C)C)C3=O)cc(C)c1Cl. The number of carbonyl (C=O) groups is 2. The fourth-order valence-corrected chi connectivity index (χ4v) is 9.40. The Balaban J connectivity index is 1.33. The highest BCUT2D eigenvalue weighted by Crippen LogP contribution is 2.46. The second-order valence-electron chi connectivity index (χ2n) is 16.6. The fourth-order valence-electron chi connectivity index (χ4n) is 8.29. The fraction of sp³-hybridized carbons (Fsp3) is 0.386. The molecule has 1 aliphatic heterocycles. The monoisotopic (exact) mass is 827 g/mol. The number of carboxylic acid groups (broad SMARTS) is 1. The van der Waals surface area contributed by atoms with Crippen molar-refractivity contribution in [3.05, 3.63) is 98.0 Å². The van der Waals surface area contributed by atoms with E-state index < -0.39 is 14.0 Å². The van der Waals surface area contributed by atoms with Crippen molar-refractivity contribution in [2.24, 2.45) is 7.05 Å². The highest BCUT2D eigenvalue weighted by Gasteiger charge is 2.37. The van der Waals surface area contributed by atoms with Gasteiger partial charge in [-0.1, -0.05) is 55.0 Å². The van der Waals surface area contributed by atoms with E-state index >= 15 is 4.79 Å². The lowest BCUT2D eigenvalue weighted by atomic mass is 9.98. The molecule has 0 saturated heterocycles. The molecule has 0 aliphatic carbocycles. The predicted molar refractivity (Wildman–Crippen MR) is 233 cm³/mol. The van der Waals surface area contributed by atoms with Crippen LogP contribution in [0.15, 0.2) is 48.5 Å². The number of aromatic carboxylic acids is 1. The van der Waals surface area contributed by atoms with E-state index in [1.54, 1.807) is 10.6 Å². The summed E-state index contributed by atoms with van der Waals surface area (Å²) in [6.45, 7) is 18.4. The molecule has 0 radical (unpaired) electrons. The molecule has 0 unspecified atom stereocenters. The molecule has 300 valence electrons. The van der Waals surface area contributed by atoms with Gasteiger partial charge < -0.3 is 28.6 Å². The Hall–Kier alpha value is -4.55. The molecule has 57 heavy (non-hydrogen) atoms. The molecule has 0 spiro atoms. The maximum absolute atomic E-state index is 15.2. The van der Waals surface area contributed by atoms with Gasteiger partial charge in [-0.15, -0.1) is 0 Å². The van der Waals surface area contributed by atoms with Crippen molar-refractivity contribution < 1.29 is 24.2 Å². The number of aromatic nitrogens is 4. The summed E-state index contributed by atoms with van der Waals surface area (Å²) in [4.78, 5) is 29.6. The number of amides is 1. The zero-order chi connectivity index (χ0) is 41.1. The Morgan fingerprint density at radius 1 is 0.982 bits per heavy atom. The number of carbonyl (C=O) groups excluding carboxylic acids is 1. The average molecular weight is 829 g/mol. The second kappa shape index (κ2) is 15.7. The molecule has 1 amide bonds. The summed E-state index contributed by atoms with van der Waals surface area (Å²) >= 11 is 13.6. The Bertz CT molecular complexity index is 2540. The number of ether oxygens (including phenoxy) is 2. The number of carboxylic acids is 1. The van der Waals surface area contributed by atoms with E-state index in [1.165, 1.54) is 0 Å². The number of anilines is 1. The van der Waals surface area contributed by atoms with Gasteiger partial charge in [0.1, 0.15) is 23.9 Å². The summed E-state index contributed by atoms with van der Waals surface area (Å²) in [5, 5.41) is 18.0. The first-order valence-corrected chi connectivity index (χ1v) is 23.9. The molecular formula is C44H51Cl2N5O5Si. The lowest BCUT2D eigenvalue weighted by Gasteiger charge is -2.34. The lowest BCUT2D eigenvalue weighted by molar-refractivity contribution is 0.0630. The molecule has 1 N–H and O–H groups in total. The minimum atomic E-state index is -1.34.